The molecule has 3 nitrogen and oxygen atoms in total. The zero-order valence-electron chi connectivity index (χ0n) is 8.69. The molecule has 3 heteroatoms. The van der Waals surface area contributed by atoms with E-state index in [1.165, 1.54) is 5.56 Å². The predicted molar refractivity (Wildman–Crippen MR) is 53.9 cm³/mol. The van der Waals surface area contributed by atoms with Gasteiger partial charge in [0.25, 0.3) is 0 Å². The highest BCUT2D eigenvalue weighted by molar-refractivity contribution is 5.09. The Balaban J connectivity index is 2.01. The van der Waals surface area contributed by atoms with Crippen molar-refractivity contribution < 1.29 is 9.15 Å². The van der Waals surface area contributed by atoms with E-state index in [1.54, 1.807) is 12.5 Å². The molecule has 1 aromatic rings. The van der Waals surface area contributed by atoms with Gasteiger partial charge in [0.2, 0.25) is 0 Å². The summed E-state index contributed by atoms with van der Waals surface area (Å²) in [6, 6.07) is 2.09. The molecule has 2 N–H and O–H groups in total. The van der Waals surface area contributed by atoms with Gasteiger partial charge in [-0.05, 0) is 31.9 Å². The van der Waals surface area contributed by atoms with Crippen LogP contribution in [-0.4, -0.2) is 18.2 Å². The van der Waals surface area contributed by atoms with Crippen LogP contribution in [0.5, 0.6) is 0 Å². The van der Waals surface area contributed by atoms with E-state index in [4.69, 9.17) is 14.9 Å². The molecule has 0 amide bonds. The topological polar surface area (TPSA) is 48.4 Å². The van der Waals surface area contributed by atoms with E-state index in [9.17, 15) is 0 Å². The molecule has 2 atom stereocenters. The van der Waals surface area contributed by atoms with E-state index in [1.807, 2.05) is 19.9 Å². The maximum atomic E-state index is 6.12. The first-order valence-electron chi connectivity index (χ1n) is 5.00. The molecule has 0 aliphatic carbocycles. The van der Waals surface area contributed by atoms with Crippen molar-refractivity contribution in [3.8, 4) is 0 Å². The van der Waals surface area contributed by atoms with Crippen LogP contribution >= 0.6 is 0 Å². The molecular formula is C11H17NO2. The van der Waals surface area contributed by atoms with Crippen molar-refractivity contribution in [2.24, 2.45) is 11.7 Å². The molecule has 1 saturated heterocycles. The molecule has 1 aliphatic heterocycles. The van der Waals surface area contributed by atoms with Gasteiger partial charge in [-0.25, -0.2) is 0 Å². The van der Waals surface area contributed by atoms with Crippen molar-refractivity contribution in [2.75, 3.05) is 6.61 Å². The second-order valence-corrected chi connectivity index (χ2v) is 4.54. The van der Waals surface area contributed by atoms with Gasteiger partial charge in [-0.3, -0.25) is 0 Å². The minimum Gasteiger partial charge on any atom is -0.472 e. The second-order valence-electron chi connectivity index (χ2n) is 4.54. The summed E-state index contributed by atoms with van der Waals surface area (Å²) in [5.74, 6) is 0.405. The third-order valence-corrected chi connectivity index (χ3v) is 3.06. The highest BCUT2D eigenvalue weighted by Crippen LogP contribution is 2.30. The summed E-state index contributed by atoms with van der Waals surface area (Å²) in [6.07, 6.45) is 4.42. The largest absolute Gasteiger partial charge is 0.472 e. The maximum absolute atomic E-state index is 6.12. The second kappa shape index (κ2) is 3.41. The smallest absolute Gasteiger partial charge is 0.0934 e. The Hall–Kier alpha value is -0.800. The fourth-order valence-corrected chi connectivity index (χ4v) is 1.99. The van der Waals surface area contributed by atoms with Gasteiger partial charge in [0.1, 0.15) is 0 Å². The maximum Gasteiger partial charge on any atom is 0.0934 e. The zero-order chi connectivity index (χ0) is 10.2. The Morgan fingerprint density at radius 2 is 2.36 bits per heavy atom. The molecule has 1 aromatic heterocycles. The van der Waals surface area contributed by atoms with Gasteiger partial charge in [0, 0.05) is 12.0 Å². The first-order chi connectivity index (χ1) is 6.59. The summed E-state index contributed by atoms with van der Waals surface area (Å²) >= 11 is 0. The van der Waals surface area contributed by atoms with Crippen LogP contribution in [0.1, 0.15) is 19.4 Å². The summed E-state index contributed by atoms with van der Waals surface area (Å²) in [7, 11) is 0. The predicted octanol–water partition coefficient (Wildman–Crippen LogP) is 1.57. The molecule has 0 radical (unpaired) electrons. The van der Waals surface area contributed by atoms with Gasteiger partial charge >= 0.3 is 0 Å². The molecule has 78 valence electrons. The van der Waals surface area contributed by atoms with E-state index in [0.29, 0.717) is 5.92 Å². The molecule has 2 rings (SSSR count). The normalized spacial score (nSPS) is 30.8. The van der Waals surface area contributed by atoms with Crippen molar-refractivity contribution in [3.05, 3.63) is 24.2 Å². The molecule has 1 aliphatic rings. The molecule has 0 saturated carbocycles. The number of rotatable bonds is 2. The first-order valence-corrected chi connectivity index (χ1v) is 5.00. The molecule has 2 unspecified atom stereocenters. The van der Waals surface area contributed by atoms with Gasteiger partial charge in [0.05, 0.1) is 24.7 Å². The molecule has 0 aromatic carbocycles. The number of hydrogen-bond donors (Lipinski definition) is 1. The molecular weight excluding hydrogens is 178 g/mol. The van der Waals surface area contributed by atoms with E-state index in [0.717, 1.165) is 13.0 Å². The van der Waals surface area contributed by atoms with E-state index >= 15 is 0 Å². The fraction of sp³-hybridized carbons (Fsp3) is 0.636. The SMILES string of the molecule is CC1(C)OCC(Cc2ccoc2)C1N. The van der Waals surface area contributed by atoms with Crippen molar-refractivity contribution in [1.82, 2.24) is 0 Å². The van der Waals surface area contributed by atoms with Crippen molar-refractivity contribution >= 4 is 0 Å². The molecule has 1 fully saturated rings. The minimum absolute atomic E-state index is 0.109. The van der Waals surface area contributed by atoms with Crippen LogP contribution in [0.25, 0.3) is 0 Å². The van der Waals surface area contributed by atoms with Crippen LogP contribution in [0.3, 0.4) is 0 Å². The van der Waals surface area contributed by atoms with Gasteiger partial charge in [0.15, 0.2) is 0 Å². The summed E-state index contributed by atoms with van der Waals surface area (Å²) in [5.41, 5.74) is 7.13. The number of furan rings is 1. The number of ether oxygens (including phenoxy) is 1. The third kappa shape index (κ3) is 1.70. The Kier molecular flexibility index (Phi) is 2.37. The van der Waals surface area contributed by atoms with Crippen LogP contribution in [0, 0.1) is 5.92 Å². The monoisotopic (exact) mass is 195 g/mol. The lowest BCUT2D eigenvalue weighted by molar-refractivity contribution is 0.0275. The van der Waals surface area contributed by atoms with E-state index in [-0.39, 0.29) is 11.6 Å². The lowest BCUT2D eigenvalue weighted by Crippen LogP contribution is -2.43. The summed E-state index contributed by atoms with van der Waals surface area (Å²) in [4.78, 5) is 0. The minimum atomic E-state index is -0.186. The van der Waals surface area contributed by atoms with Crippen molar-refractivity contribution in [1.29, 1.82) is 0 Å². The molecule has 0 spiro atoms. The Labute approximate surface area is 84.2 Å². The molecule has 14 heavy (non-hydrogen) atoms. The van der Waals surface area contributed by atoms with Gasteiger partial charge in [-0.1, -0.05) is 0 Å². The molecule has 2 heterocycles. The van der Waals surface area contributed by atoms with Gasteiger partial charge in [-0.2, -0.15) is 0 Å². The zero-order valence-corrected chi connectivity index (χ0v) is 8.69. The molecule has 0 bridgehead atoms. The standard InChI is InChI=1S/C11H17NO2/c1-11(2)10(12)9(7-14-11)5-8-3-4-13-6-8/h3-4,6,9-10H,5,7,12H2,1-2H3. The Morgan fingerprint density at radius 1 is 1.57 bits per heavy atom. The van der Waals surface area contributed by atoms with Crippen LogP contribution in [0.2, 0.25) is 0 Å². The van der Waals surface area contributed by atoms with Crippen LogP contribution in [0.4, 0.5) is 0 Å². The summed E-state index contributed by atoms with van der Waals surface area (Å²) < 4.78 is 10.7. The van der Waals surface area contributed by atoms with E-state index < -0.39 is 0 Å². The van der Waals surface area contributed by atoms with Gasteiger partial charge < -0.3 is 14.9 Å². The number of nitrogens with two attached hydrogens (primary N) is 1. The van der Waals surface area contributed by atoms with Gasteiger partial charge in [-0.15, -0.1) is 0 Å². The Bertz CT molecular complexity index is 292. The Morgan fingerprint density at radius 3 is 2.86 bits per heavy atom. The lowest BCUT2D eigenvalue weighted by atomic mass is 9.88. The van der Waals surface area contributed by atoms with Crippen LogP contribution in [0.15, 0.2) is 23.0 Å². The van der Waals surface area contributed by atoms with Crippen LogP contribution < -0.4 is 5.73 Å². The average Bonchev–Trinajstić information content (AvgIpc) is 2.70. The highest BCUT2D eigenvalue weighted by Gasteiger charge is 2.40. The third-order valence-electron chi connectivity index (χ3n) is 3.06. The summed E-state index contributed by atoms with van der Waals surface area (Å²) in [5, 5.41) is 0. The number of hydrogen-bond acceptors (Lipinski definition) is 3. The van der Waals surface area contributed by atoms with Crippen LogP contribution in [-0.2, 0) is 11.2 Å². The van der Waals surface area contributed by atoms with E-state index in [2.05, 4.69) is 0 Å². The lowest BCUT2D eigenvalue weighted by Gasteiger charge is -2.24. The average molecular weight is 195 g/mol. The quantitative estimate of drug-likeness (QED) is 0.779. The fourth-order valence-electron chi connectivity index (χ4n) is 1.99. The van der Waals surface area contributed by atoms with Crippen molar-refractivity contribution in [3.63, 3.8) is 0 Å². The first kappa shape index (κ1) is 9.74. The highest BCUT2D eigenvalue weighted by atomic mass is 16.5. The summed E-state index contributed by atoms with van der Waals surface area (Å²) in [6.45, 7) is 4.85. The van der Waals surface area contributed by atoms with Crippen molar-refractivity contribution in [2.45, 2.75) is 31.9 Å².